The Hall–Kier alpha value is -1.41. The maximum Gasteiger partial charge on any atom is 0.223 e. The van der Waals surface area contributed by atoms with Gasteiger partial charge < -0.3 is 11.1 Å². The fourth-order valence-corrected chi connectivity index (χ4v) is 5.02. The molecule has 0 saturated carbocycles. The second kappa shape index (κ2) is 4.85. The quantitative estimate of drug-likeness (QED) is 0.873. The van der Waals surface area contributed by atoms with Crippen LogP contribution in [0.5, 0.6) is 0 Å². The normalized spacial score (nSPS) is 21.9. The fraction of sp³-hybridized carbons (Fsp3) is 0.500. The number of aryl methyl sites for hydroxylation is 1. The maximum absolute atomic E-state index is 11.7. The number of hydrogen-bond acceptors (Lipinski definition) is 7. The lowest BCUT2D eigenvalue weighted by Crippen LogP contribution is -2.35. The summed E-state index contributed by atoms with van der Waals surface area (Å²) in [5.41, 5.74) is 5.72. The number of rotatable bonds is 2. The zero-order chi connectivity index (χ0) is 14.3. The van der Waals surface area contributed by atoms with Crippen LogP contribution in [0.25, 0.3) is 10.2 Å². The second-order valence-electron chi connectivity index (χ2n) is 5.10. The monoisotopic (exact) mass is 312 g/mol. The van der Waals surface area contributed by atoms with Crippen LogP contribution in [0.2, 0.25) is 0 Å². The van der Waals surface area contributed by atoms with E-state index in [1.165, 1.54) is 0 Å². The molecule has 1 aliphatic rings. The highest BCUT2D eigenvalue weighted by Crippen LogP contribution is 2.30. The number of hydrogen-bond donors (Lipinski definition) is 2. The zero-order valence-electron chi connectivity index (χ0n) is 11.1. The number of anilines is 2. The van der Waals surface area contributed by atoms with Crippen LogP contribution in [-0.4, -0.2) is 35.9 Å². The van der Waals surface area contributed by atoms with Crippen LogP contribution in [0.4, 0.5) is 11.8 Å². The zero-order valence-corrected chi connectivity index (χ0v) is 12.7. The van der Waals surface area contributed by atoms with Crippen LogP contribution in [-0.2, 0) is 9.84 Å². The summed E-state index contributed by atoms with van der Waals surface area (Å²) >= 11 is 1.55. The van der Waals surface area contributed by atoms with Gasteiger partial charge in [-0.05, 0) is 25.8 Å². The number of thiophene rings is 1. The van der Waals surface area contributed by atoms with E-state index in [-0.39, 0.29) is 23.5 Å². The molecule has 0 aromatic carbocycles. The molecule has 20 heavy (non-hydrogen) atoms. The molecule has 0 spiro atoms. The Morgan fingerprint density at radius 3 is 3.00 bits per heavy atom. The highest BCUT2D eigenvalue weighted by atomic mass is 32.2. The lowest BCUT2D eigenvalue weighted by molar-refractivity contribution is 0.561. The Morgan fingerprint density at radius 2 is 2.25 bits per heavy atom. The van der Waals surface area contributed by atoms with E-state index in [1.807, 2.05) is 13.0 Å². The van der Waals surface area contributed by atoms with Gasteiger partial charge in [-0.15, -0.1) is 11.3 Å². The molecule has 1 fully saturated rings. The van der Waals surface area contributed by atoms with Gasteiger partial charge in [-0.1, -0.05) is 0 Å². The van der Waals surface area contributed by atoms with Crippen molar-refractivity contribution in [2.24, 2.45) is 0 Å². The van der Waals surface area contributed by atoms with Crippen molar-refractivity contribution in [2.75, 3.05) is 22.6 Å². The minimum atomic E-state index is -2.94. The maximum atomic E-state index is 11.7. The summed E-state index contributed by atoms with van der Waals surface area (Å²) in [5.74, 6) is 1.28. The van der Waals surface area contributed by atoms with Gasteiger partial charge in [-0.25, -0.2) is 13.4 Å². The number of sulfone groups is 1. The van der Waals surface area contributed by atoms with E-state index in [0.29, 0.717) is 12.2 Å². The van der Waals surface area contributed by atoms with E-state index in [0.717, 1.165) is 21.5 Å². The van der Waals surface area contributed by atoms with Crippen LogP contribution >= 0.6 is 11.3 Å². The Bertz CT molecular complexity index is 754. The molecule has 2 aromatic heterocycles. The third-order valence-electron chi connectivity index (χ3n) is 3.34. The smallest absolute Gasteiger partial charge is 0.223 e. The van der Waals surface area contributed by atoms with Crippen molar-refractivity contribution in [3.05, 3.63) is 10.9 Å². The largest absolute Gasteiger partial charge is 0.368 e. The van der Waals surface area contributed by atoms with Crippen molar-refractivity contribution < 1.29 is 8.42 Å². The summed E-state index contributed by atoms with van der Waals surface area (Å²) < 4.78 is 23.4. The molecule has 1 atom stereocenters. The van der Waals surface area contributed by atoms with Gasteiger partial charge in [-0.3, -0.25) is 0 Å². The summed E-state index contributed by atoms with van der Waals surface area (Å²) in [4.78, 5) is 10.4. The Kier molecular flexibility index (Phi) is 3.29. The molecule has 3 N–H and O–H groups in total. The van der Waals surface area contributed by atoms with Gasteiger partial charge in [0.15, 0.2) is 9.84 Å². The van der Waals surface area contributed by atoms with Gasteiger partial charge in [0.1, 0.15) is 10.6 Å². The van der Waals surface area contributed by atoms with Gasteiger partial charge in [0.2, 0.25) is 5.95 Å². The second-order valence-corrected chi connectivity index (χ2v) is 8.57. The first-order valence-electron chi connectivity index (χ1n) is 6.43. The van der Waals surface area contributed by atoms with Crippen LogP contribution in [0.3, 0.4) is 0 Å². The van der Waals surface area contributed by atoms with Crippen LogP contribution in [0, 0.1) is 6.92 Å². The summed E-state index contributed by atoms with van der Waals surface area (Å²) in [6, 6.07) is 1.89. The van der Waals surface area contributed by atoms with Crippen molar-refractivity contribution in [1.29, 1.82) is 0 Å². The minimum absolute atomic E-state index is 0.105. The number of aromatic nitrogens is 2. The molecule has 0 bridgehead atoms. The van der Waals surface area contributed by atoms with Crippen LogP contribution in [0.15, 0.2) is 6.07 Å². The van der Waals surface area contributed by atoms with E-state index >= 15 is 0 Å². The van der Waals surface area contributed by atoms with Crippen molar-refractivity contribution in [2.45, 2.75) is 25.8 Å². The third kappa shape index (κ3) is 2.71. The number of nitrogens with two attached hydrogens (primary N) is 1. The molecule has 2 aromatic rings. The highest BCUT2D eigenvalue weighted by Gasteiger charge is 2.25. The Balaban J connectivity index is 1.94. The molecule has 0 amide bonds. The average molecular weight is 312 g/mol. The van der Waals surface area contributed by atoms with E-state index in [4.69, 9.17) is 5.73 Å². The molecule has 0 aliphatic carbocycles. The van der Waals surface area contributed by atoms with E-state index < -0.39 is 9.84 Å². The predicted octanol–water partition coefficient (Wildman–Crippen LogP) is 1.57. The third-order valence-corrected chi connectivity index (χ3v) is 6.10. The molecular weight excluding hydrogens is 296 g/mol. The Labute approximate surface area is 121 Å². The van der Waals surface area contributed by atoms with Crippen molar-refractivity contribution in [1.82, 2.24) is 9.97 Å². The van der Waals surface area contributed by atoms with Gasteiger partial charge in [0, 0.05) is 10.9 Å². The van der Waals surface area contributed by atoms with Gasteiger partial charge in [0.05, 0.1) is 16.9 Å². The molecule has 3 heterocycles. The van der Waals surface area contributed by atoms with Crippen molar-refractivity contribution in [3.63, 3.8) is 0 Å². The molecule has 6 nitrogen and oxygen atoms in total. The molecular formula is C12H16N4O2S2. The predicted molar refractivity (Wildman–Crippen MR) is 81.9 cm³/mol. The lowest BCUT2D eigenvalue weighted by atomic mass is 10.2. The van der Waals surface area contributed by atoms with Crippen molar-refractivity contribution >= 4 is 43.2 Å². The van der Waals surface area contributed by atoms with Gasteiger partial charge in [0.25, 0.3) is 0 Å². The van der Waals surface area contributed by atoms with Crippen LogP contribution in [0.1, 0.15) is 17.7 Å². The van der Waals surface area contributed by atoms with E-state index in [9.17, 15) is 8.42 Å². The molecule has 1 aliphatic heterocycles. The van der Waals surface area contributed by atoms with Crippen molar-refractivity contribution in [3.8, 4) is 0 Å². The summed E-state index contributed by atoms with van der Waals surface area (Å²) in [7, 11) is -2.94. The number of nitrogens with one attached hydrogen (secondary N) is 1. The molecule has 1 saturated heterocycles. The number of fused-ring (bicyclic) bond motifs is 1. The summed E-state index contributed by atoms with van der Waals surface area (Å²) in [5, 5.41) is 4.14. The standard InChI is InChI=1S/C12H16N4O2S2/c1-7-5-9-10(15-12(13)16-11(9)19-7)14-8-3-2-4-20(17,18)6-8/h5,8H,2-4,6H2,1H3,(H3,13,14,15,16). The average Bonchev–Trinajstić information content (AvgIpc) is 2.68. The SMILES string of the molecule is Cc1cc2c(NC3CCCS(=O)(=O)C3)nc(N)nc2s1. The summed E-state index contributed by atoms with van der Waals surface area (Å²) in [6.45, 7) is 2.00. The number of nitrogens with zero attached hydrogens (tertiary/aromatic N) is 2. The number of nitrogen functional groups attached to an aromatic ring is 1. The fourth-order valence-electron chi connectivity index (χ4n) is 2.50. The highest BCUT2D eigenvalue weighted by molar-refractivity contribution is 7.91. The Morgan fingerprint density at radius 1 is 1.45 bits per heavy atom. The van der Waals surface area contributed by atoms with E-state index in [2.05, 4.69) is 15.3 Å². The van der Waals surface area contributed by atoms with Crippen LogP contribution < -0.4 is 11.1 Å². The molecule has 108 valence electrons. The molecule has 0 radical (unpaired) electrons. The minimum Gasteiger partial charge on any atom is -0.368 e. The van der Waals surface area contributed by atoms with Gasteiger partial charge >= 0.3 is 0 Å². The first-order chi connectivity index (χ1) is 9.43. The lowest BCUT2D eigenvalue weighted by Gasteiger charge is -2.23. The van der Waals surface area contributed by atoms with Gasteiger partial charge in [-0.2, -0.15) is 4.98 Å². The van der Waals surface area contributed by atoms with E-state index in [1.54, 1.807) is 11.3 Å². The molecule has 1 unspecified atom stereocenters. The topological polar surface area (TPSA) is 98.0 Å². The first kappa shape index (κ1) is 13.6. The first-order valence-corrected chi connectivity index (χ1v) is 9.07. The molecule has 3 rings (SSSR count). The summed E-state index contributed by atoms with van der Waals surface area (Å²) in [6.07, 6.45) is 1.51. The molecule has 8 heteroatoms.